The van der Waals surface area contributed by atoms with Gasteiger partial charge in [-0.25, -0.2) is 9.59 Å². The SMILES string of the molecule is CC[C@@H](NC(=O)C(C)(NC(=O)OCC1c2ccccc2-c2ccccc21)C1CC1)C(=O)O. The Balaban J connectivity index is 1.45. The van der Waals surface area contributed by atoms with E-state index in [2.05, 4.69) is 22.8 Å². The van der Waals surface area contributed by atoms with Gasteiger partial charge in [0.05, 0.1) is 0 Å². The van der Waals surface area contributed by atoms with Crippen LogP contribution >= 0.6 is 0 Å². The van der Waals surface area contributed by atoms with Crippen molar-refractivity contribution < 1.29 is 24.2 Å². The third-order valence-electron chi connectivity index (χ3n) is 6.58. The number of rotatable bonds is 8. The van der Waals surface area contributed by atoms with E-state index < -0.39 is 29.6 Å². The van der Waals surface area contributed by atoms with Gasteiger partial charge >= 0.3 is 12.1 Å². The van der Waals surface area contributed by atoms with Gasteiger partial charge in [-0.3, -0.25) is 4.79 Å². The summed E-state index contributed by atoms with van der Waals surface area (Å²) in [5, 5.41) is 14.5. The number of aliphatic carboxylic acids is 1. The monoisotopic (exact) mass is 436 g/mol. The number of amides is 2. The molecule has 4 rings (SSSR count). The maximum Gasteiger partial charge on any atom is 0.408 e. The molecule has 2 aromatic carbocycles. The largest absolute Gasteiger partial charge is 0.480 e. The maximum atomic E-state index is 12.9. The van der Waals surface area contributed by atoms with Crippen LogP contribution in [0.4, 0.5) is 4.79 Å². The fraction of sp³-hybridized carbons (Fsp3) is 0.400. The van der Waals surface area contributed by atoms with Crippen molar-refractivity contribution in [2.45, 2.75) is 50.6 Å². The number of ether oxygens (including phenoxy) is 1. The predicted molar refractivity (Wildman–Crippen MR) is 119 cm³/mol. The summed E-state index contributed by atoms with van der Waals surface area (Å²) >= 11 is 0. The van der Waals surface area contributed by atoms with Gasteiger partial charge in [0, 0.05) is 5.92 Å². The highest BCUT2D eigenvalue weighted by atomic mass is 16.5. The zero-order chi connectivity index (χ0) is 22.9. The minimum absolute atomic E-state index is 0.0470. The highest BCUT2D eigenvalue weighted by Crippen LogP contribution is 2.44. The van der Waals surface area contributed by atoms with Crippen molar-refractivity contribution in [3.63, 3.8) is 0 Å². The normalized spacial score (nSPS) is 17.4. The van der Waals surface area contributed by atoms with Gasteiger partial charge in [-0.15, -0.1) is 0 Å². The number of hydrogen-bond donors (Lipinski definition) is 3. The van der Waals surface area contributed by atoms with Gasteiger partial charge in [0.15, 0.2) is 0 Å². The highest BCUT2D eigenvalue weighted by Gasteiger charge is 2.49. The number of fused-ring (bicyclic) bond motifs is 3. The number of nitrogens with one attached hydrogen (secondary N) is 2. The molecule has 32 heavy (non-hydrogen) atoms. The Morgan fingerprint density at radius 3 is 2.12 bits per heavy atom. The molecule has 2 aliphatic rings. The topological polar surface area (TPSA) is 105 Å². The molecule has 0 heterocycles. The highest BCUT2D eigenvalue weighted by molar-refractivity contribution is 5.93. The number of carbonyl (C=O) groups is 3. The van der Waals surface area contributed by atoms with E-state index in [9.17, 15) is 19.5 Å². The number of carboxylic acids is 1. The Kier molecular flexibility index (Phi) is 5.91. The number of benzene rings is 2. The molecule has 0 bridgehead atoms. The van der Waals surface area contributed by atoms with Gasteiger partial charge in [0.25, 0.3) is 0 Å². The molecule has 1 fully saturated rings. The van der Waals surface area contributed by atoms with Crippen LogP contribution in [-0.2, 0) is 14.3 Å². The first-order valence-corrected chi connectivity index (χ1v) is 11.0. The van der Waals surface area contributed by atoms with Crippen molar-refractivity contribution in [2.75, 3.05) is 6.61 Å². The average molecular weight is 437 g/mol. The molecular formula is C25H28N2O5. The minimum atomic E-state index is -1.22. The Bertz CT molecular complexity index is 1000. The maximum absolute atomic E-state index is 12.9. The van der Waals surface area contributed by atoms with Crippen LogP contribution in [0.1, 0.15) is 50.2 Å². The van der Waals surface area contributed by atoms with Gasteiger partial charge in [0.1, 0.15) is 18.2 Å². The molecule has 3 N–H and O–H groups in total. The number of carboxylic acid groups (broad SMARTS) is 1. The second-order valence-electron chi connectivity index (χ2n) is 8.70. The van der Waals surface area contributed by atoms with E-state index in [1.807, 2.05) is 36.4 Å². The van der Waals surface area contributed by atoms with Crippen LogP contribution in [-0.4, -0.2) is 41.3 Å². The first-order valence-electron chi connectivity index (χ1n) is 11.0. The summed E-state index contributed by atoms with van der Waals surface area (Å²) < 4.78 is 5.60. The summed E-state index contributed by atoms with van der Waals surface area (Å²) in [6, 6.07) is 15.1. The van der Waals surface area contributed by atoms with Gasteiger partial charge in [0.2, 0.25) is 5.91 Å². The van der Waals surface area contributed by atoms with Crippen LogP contribution in [0.5, 0.6) is 0 Å². The van der Waals surface area contributed by atoms with Gasteiger partial charge in [-0.05, 0) is 54.4 Å². The molecule has 0 aliphatic heterocycles. The van der Waals surface area contributed by atoms with E-state index in [0.29, 0.717) is 0 Å². The van der Waals surface area contributed by atoms with Crippen LogP contribution < -0.4 is 10.6 Å². The lowest BCUT2D eigenvalue weighted by Gasteiger charge is -2.30. The molecule has 2 amide bonds. The van der Waals surface area contributed by atoms with Crippen molar-refractivity contribution >= 4 is 18.0 Å². The molecule has 7 heteroatoms. The van der Waals surface area contributed by atoms with Crippen molar-refractivity contribution in [3.05, 3.63) is 59.7 Å². The molecule has 2 atom stereocenters. The molecule has 2 aromatic rings. The first-order chi connectivity index (χ1) is 15.3. The Labute approximate surface area is 187 Å². The Hall–Kier alpha value is -3.35. The molecule has 0 radical (unpaired) electrons. The molecule has 168 valence electrons. The van der Waals surface area contributed by atoms with Crippen molar-refractivity contribution in [1.82, 2.24) is 10.6 Å². The first kappa shape index (κ1) is 21.9. The number of carbonyl (C=O) groups excluding carboxylic acids is 2. The molecule has 1 saturated carbocycles. The average Bonchev–Trinajstić information content (AvgIpc) is 3.59. The van der Waals surface area contributed by atoms with Crippen LogP contribution in [0.2, 0.25) is 0 Å². The Morgan fingerprint density at radius 2 is 1.62 bits per heavy atom. The Morgan fingerprint density at radius 1 is 1.06 bits per heavy atom. The lowest BCUT2D eigenvalue weighted by Crippen LogP contribution is -2.60. The van der Waals surface area contributed by atoms with Crippen molar-refractivity contribution in [2.24, 2.45) is 5.92 Å². The van der Waals surface area contributed by atoms with Gasteiger partial charge in [-0.1, -0.05) is 55.5 Å². The third-order valence-corrected chi connectivity index (χ3v) is 6.58. The summed E-state index contributed by atoms with van der Waals surface area (Å²) in [7, 11) is 0. The summed E-state index contributed by atoms with van der Waals surface area (Å²) in [4.78, 5) is 37.0. The molecule has 7 nitrogen and oxygen atoms in total. The standard InChI is InChI=1S/C25H28N2O5/c1-3-21(22(28)29)26-23(30)25(2,15-12-13-15)27-24(31)32-14-20-18-10-6-4-8-16(18)17-9-5-7-11-19(17)20/h4-11,15,20-21H,3,12-14H2,1-2H3,(H,26,30)(H,27,31)(H,28,29)/t21-,25?/m1/s1. The van der Waals surface area contributed by atoms with E-state index in [4.69, 9.17) is 4.74 Å². The van der Waals surface area contributed by atoms with E-state index in [0.717, 1.165) is 35.1 Å². The number of alkyl carbamates (subject to hydrolysis) is 1. The quantitative estimate of drug-likeness (QED) is 0.586. The summed E-state index contributed by atoms with van der Waals surface area (Å²) in [5.41, 5.74) is 3.27. The van der Waals surface area contributed by atoms with E-state index in [1.54, 1.807) is 13.8 Å². The minimum Gasteiger partial charge on any atom is -0.480 e. The molecule has 1 unspecified atom stereocenters. The van der Waals surface area contributed by atoms with Crippen LogP contribution in [0.25, 0.3) is 11.1 Å². The molecular weight excluding hydrogens is 408 g/mol. The van der Waals surface area contributed by atoms with Gasteiger partial charge in [-0.2, -0.15) is 0 Å². The van der Waals surface area contributed by atoms with E-state index in [1.165, 1.54) is 0 Å². The molecule has 0 saturated heterocycles. The summed E-state index contributed by atoms with van der Waals surface area (Å²) in [6.07, 6.45) is 1.15. The van der Waals surface area contributed by atoms with Crippen molar-refractivity contribution in [1.29, 1.82) is 0 Å². The van der Waals surface area contributed by atoms with Crippen LogP contribution in [0.3, 0.4) is 0 Å². The fourth-order valence-corrected chi connectivity index (χ4v) is 4.50. The van der Waals surface area contributed by atoms with Crippen molar-refractivity contribution in [3.8, 4) is 11.1 Å². The molecule has 0 aromatic heterocycles. The molecule has 0 spiro atoms. The zero-order valence-corrected chi connectivity index (χ0v) is 18.3. The lowest BCUT2D eigenvalue weighted by atomic mass is 9.94. The zero-order valence-electron chi connectivity index (χ0n) is 18.3. The summed E-state index contributed by atoms with van der Waals surface area (Å²) in [6.45, 7) is 3.47. The van der Waals surface area contributed by atoms with Gasteiger partial charge < -0.3 is 20.5 Å². The predicted octanol–water partition coefficient (Wildman–Crippen LogP) is 3.67. The van der Waals surface area contributed by atoms with E-state index >= 15 is 0 Å². The second kappa shape index (κ2) is 8.65. The lowest BCUT2D eigenvalue weighted by molar-refractivity contribution is -0.143. The smallest absolute Gasteiger partial charge is 0.408 e. The second-order valence-corrected chi connectivity index (χ2v) is 8.70. The fourth-order valence-electron chi connectivity index (χ4n) is 4.50. The number of hydrogen-bond acceptors (Lipinski definition) is 4. The third kappa shape index (κ3) is 4.07. The van der Waals surface area contributed by atoms with Crippen LogP contribution in [0.15, 0.2) is 48.5 Å². The van der Waals surface area contributed by atoms with Crippen LogP contribution in [0, 0.1) is 5.92 Å². The molecule has 2 aliphatic carbocycles. The summed E-state index contributed by atoms with van der Waals surface area (Å²) in [5.74, 6) is -1.72. The van der Waals surface area contributed by atoms with E-state index in [-0.39, 0.29) is 24.9 Å².